The summed E-state index contributed by atoms with van der Waals surface area (Å²) < 4.78 is 26.2. The predicted molar refractivity (Wildman–Crippen MR) is 96.6 cm³/mol. The van der Waals surface area contributed by atoms with Gasteiger partial charge in [0.2, 0.25) is 5.95 Å². The third-order valence-electron chi connectivity index (χ3n) is 5.03. The third-order valence-corrected chi connectivity index (χ3v) is 5.32. The van der Waals surface area contributed by atoms with Gasteiger partial charge in [-0.25, -0.2) is 9.37 Å². The molecule has 0 saturated heterocycles. The molecule has 0 bridgehead atoms. The lowest BCUT2D eigenvalue weighted by atomic mass is 9.78. The molecule has 4 heteroatoms. The number of hydrogen-bond donors (Lipinski definition) is 0. The van der Waals surface area contributed by atoms with E-state index in [1.165, 1.54) is 37.7 Å². The van der Waals surface area contributed by atoms with Gasteiger partial charge in [-0.15, -0.1) is 0 Å². The van der Waals surface area contributed by atoms with Gasteiger partial charge in [0.15, 0.2) is 5.82 Å². The van der Waals surface area contributed by atoms with Gasteiger partial charge in [-0.1, -0.05) is 48.9 Å². The maximum Gasteiger partial charge on any atom is 0.250 e. The highest BCUT2D eigenvalue weighted by atomic mass is 35.5. The van der Waals surface area contributed by atoms with Crippen LogP contribution in [0.2, 0.25) is 5.15 Å². The van der Waals surface area contributed by atoms with E-state index in [9.17, 15) is 8.78 Å². The minimum absolute atomic E-state index is 0.129. The lowest BCUT2D eigenvalue weighted by Gasteiger charge is -2.28. The van der Waals surface area contributed by atoms with Crippen LogP contribution in [0.25, 0.3) is 0 Å². The molecule has 1 aromatic heterocycles. The smallest absolute Gasteiger partial charge is 0.204 e. The van der Waals surface area contributed by atoms with Crippen molar-refractivity contribution in [3.05, 3.63) is 63.9 Å². The first-order valence-electron chi connectivity index (χ1n) is 8.70. The Balaban J connectivity index is 1.71. The summed E-state index contributed by atoms with van der Waals surface area (Å²) >= 11 is 5.80. The summed E-state index contributed by atoms with van der Waals surface area (Å²) in [5.41, 5.74) is 2.35. The number of nitrogens with zero attached hydrogens (tertiary/aromatic N) is 1. The molecule has 1 heterocycles. The van der Waals surface area contributed by atoms with Crippen molar-refractivity contribution < 1.29 is 8.78 Å². The topological polar surface area (TPSA) is 12.9 Å². The molecule has 3 rings (SSSR count). The Labute approximate surface area is 152 Å². The normalized spacial score (nSPS) is 20.0. The quantitative estimate of drug-likeness (QED) is 0.466. The van der Waals surface area contributed by atoms with Crippen LogP contribution in [0.5, 0.6) is 0 Å². The van der Waals surface area contributed by atoms with Crippen LogP contribution in [0.1, 0.15) is 61.6 Å². The molecule has 0 unspecified atom stereocenters. The molecule has 1 saturated carbocycles. The monoisotopic (exact) mass is 359 g/mol. The molecule has 1 aliphatic carbocycles. The fourth-order valence-corrected chi connectivity index (χ4v) is 3.59. The number of hydrogen-bond acceptors (Lipinski definition) is 1. The van der Waals surface area contributed by atoms with Gasteiger partial charge in [0.1, 0.15) is 5.15 Å². The van der Waals surface area contributed by atoms with Gasteiger partial charge < -0.3 is 0 Å². The lowest BCUT2D eigenvalue weighted by molar-refractivity contribution is 0.319. The van der Waals surface area contributed by atoms with E-state index in [1.54, 1.807) is 0 Å². The average Bonchev–Trinajstić information content (AvgIpc) is 2.64. The van der Waals surface area contributed by atoms with E-state index in [1.807, 2.05) is 12.1 Å². The zero-order valence-corrected chi connectivity index (χ0v) is 14.9. The van der Waals surface area contributed by atoms with Gasteiger partial charge in [-0.2, -0.15) is 4.39 Å². The van der Waals surface area contributed by atoms with Gasteiger partial charge in [0, 0.05) is 5.56 Å². The number of halogens is 3. The molecule has 1 nitrogen and oxygen atoms in total. The van der Waals surface area contributed by atoms with E-state index in [4.69, 9.17) is 11.6 Å². The fourth-order valence-electron chi connectivity index (χ4n) is 3.42. The van der Waals surface area contributed by atoms with Crippen LogP contribution in [0.3, 0.4) is 0 Å². The Morgan fingerprint density at radius 1 is 1.08 bits per heavy atom. The van der Waals surface area contributed by atoms with Crippen LogP contribution in [0, 0.1) is 29.5 Å². The van der Waals surface area contributed by atoms with Crippen molar-refractivity contribution in [1.82, 2.24) is 4.98 Å². The van der Waals surface area contributed by atoms with Crippen molar-refractivity contribution in [3.63, 3.8) is 0 Å². The predicted octanol–water partition coefficient (Wildman–Crippen LogP) is 6.10. The second-order valence-electron chi connectivity index (χ2n) is 6.60. The van der Waals surface area contributed by atoms with Crippen LogP contribution in [-0.2, 0) is 0 Å². The van der Waals surface area contributed by atoms with Crippen molar-refractivity contribution in [2.24, 2.45) is 5.92 Å². The molecular formula is C21H20ClF2N. The maximum absolute atomic E-state index is 13.2. The first kappa shape index (κ1) is 17.9. The van der Waals surface area contributed by atoms with Crippen LogP contribution < -0.4 is 0 Å². The Morgan fingerprint density at radius 3 is 2.40 bits per heavy atom. The van der Waals surface area contributed by atoms with Crippen LogP contribution in [0.4, 0.5) is 8.78 Å². The Hall–Kier alpha value is -1.92. The summed E-state index contributed by atoms with van der Waals surface area (Å²) in [7, 11) is 0. The zero-order valence-electron chi connectivity index (χ0n) is 14.2. The van der Waals surface area contributed by atoms with Crippen LogP contribution >= 0.6 is 11.6 Å². The Morgan fingerprint density at radius 2 is 1.76 bits per heavy atom. The summed E-state index contributed by atoms with van der Waals surface area (Å²) in [6.07, 6.45) is 6.40. The van der Waals surface area contributed by atoms with E-state index in [2.05, 4.69) is 35.9 Å². The average molecular weight is 360 g/mol. The molecule has 0 spiro atoms. The molecule has 1 aliphatic rings. The first-order chi connectivity index (χ1) is 12.1. The van der Waals surface area contributed by atoms with Crippen LogP contribution in [0.15, 0.2) is 30.3 Å². The minimum atomic E-state index is -1.21. The molecule has 1 aromatic carbocycles. The second kappa shape index (κ2) is 7.97. The molecular weight excluding hydrogens is 340 g/mol. The number of aromatic nitrogens is 1. The lowest BCUT2D eigenvalue weighted by Crippen LogP contribution is -2.12. The number of benzene rings is 1. The molecule has 25 heavy (non-hydrogen) atoms. The van der Waals surface area contributed by atoms with Gasteiger partial charge in [-0.05, 0) is 61.3 Å². The fraction of sp³-hybridized carbons (Fsp3) is 0.381. The highest BCUT2D eigenvalue weighted by Gasteiger charge is 2.20. The van der Waals surface area contributed by atoms with Gasteiger partial charge in [0.25, 0.3) is 0 Å². The largest absolute Gasteiger partial charge is 0.250 e. The van der Waals surface area contributed by atoms with E-state index < -0.39 is 11.8 Å². The Bertz CT molecular complexity index is 797. The summed E-state index contributed by atoms with van der Waals surface area (Å²) in [4.78, 5) is 3.30. The van der Waals surface area contributed by atoms with E-state index >= 15 is 0 Å². The molecule has 0 amide bonds. The molecule has 2 aromatic rings. The second-order valence-corrected chi connectivity index (χ2v) is 6.96. The van der Waals surface area contributed by atoms with Crippen LogP contribution in [-0.4, -0.2) is 4.98 Å². The van der Waals surface area contributed by atoms with Gasteiger partial charge in [0.05, 0.1) is 5.56 Å². The summed E-state index contributed by atoms with van der Waals surface area (Å²) in [5.74, 6) is 4.95. The molecule has 0 N–H and O–H groups in total. The number of pyridine rings is 1. The summed E-state index contributed by atoms with van der Waals surface area (Å²) in [6.45, 7) is 2.27. The molecule has 0 aliphatic heterocycles. The van der Waals surface area contributed by atoms with Crippen molar-refractivity contribution in [3.8, 4) is 11.8 Å². The minimum Gasteiger partial charge on any atom is -0.204 e. The standard InChI is InChI=1S/C21H20ClF2N/c1-2-14-3-8-16(9-4-14)17-10-5-15(6-11-17)7-12-18-13-19(23)21(24)25-20(18)22/h5-6,10-11,13-14,16H,2-4,8-9H2,1H3/t14-,16-. The maximum atomic E-state index is 13.2. The SMILES string of the molecule is CC[C@H]1CC[C@H](c2ccc(C#Cc3cc(F)c(F)nc3Cl)cc2)CC1. The van der Waals surface area contributed by atoms with Crippen molar-refractivity contribution in [2.75, 3.05) is 0 Å². The third kappa shape index (κ3) is 4.38. The zero-order chi connectivity index (χ0) is 17.8. The van der Waals surface area contributed by atoms with E-state index in [0.29, 0.717) is 5.92 Å². The molecule has 130 valence electrons. The molecule has 0 atom stereocenters. The highest BCUT2D eigenvalue weighted by Crippen LogP contribution is 2.36. The Kier molecular flexibility index (Phi) is 5.71. The van der Waals surface area contributed by atoms with Crippen molar-refractivity contribution in [1.29, 1.82) is 0 Å². The highest BCUT2D eigenvalue weighted by molar-refractivity contribution is 6.30. The van der Waals surface area contributed by atoms with Crippen molar-refractivity contribution >= 4 is 11.6 Å². The molecule has 0 radical (unpaired) electrons. The first-order valence-corrected chi connectivity index (χ1v) is 9.08. The van der Waals surface area contributed by atoms with Gasteiger partial charge in [-0.3, -0.25) is 0 Å². The van der Waals surface area contributed by atoms with Crippen molar-refractivity contribution in [2.45, 2.75) is 44.9 Å². The van der Waals surface area contributed by atoms with Gasteiger partial charge >= 0.3 is 0 Å². The summed E-state index contributed by atoms with van der Waals surface area (Å²) in [6, 6.07) is 9.14. The number of rotatable bonds is 2. The molecule has 1 fully saturated rings. The van der Waals surface area contributed by atoms with E-state index in [0.717, 1.165) is 17.5 Å². The van der Waals surface area contributed by atoms with E-state index in [-0.39, 0.29) is 10.7 Å². The summed E-state index contributed by atoms with van der Waals surface area (Å²) in [5, 5.41) is -0.129.